The summed E-state index contributed by atoms with van der Waals surface area (Å²) in [6, 6.07) is 8.72. The fraction of sp³-hybridized carbons (Fsp3) is 0.625. The van der Waals surface area contributed by atoms with Crippen molar-refractivity contribution in [1.29, 1.82) is 0 Å². The molecule has 0 bridgehead atoms. The minimum atomic E-state index is -0.486. The largest absolute Gasteiger partial charge is 0.491 e. The molecule has 1 atom stereocenters. The van der Waals surface area contributed by atoms with Gasteiger partial charge in [-0.05, 0) is 39.9 Å². The van der Waals surface area contributed by atoms with Crippen molar-refractivity contribution in [2.75, 3.05) is 27.2 Å². The first kappa shape index (κ1) is 22.8. The van der Waals surface area contributed by atoms with E-state index in [0.717, 1.165) is 36.8 Å². The molecular formula is C24H38N4O2. The zero-order valence-corrected chi connectivity index (χ0v) is 18.8. The molecule has 0 spiro atoms. The number of hydrogen-bond acceptors (Lipinski definition) is 5. The maximum Gasteiger partial charge on any atom is 0.123 e. The molecule has 30 heavy (non-hydrogen) atoms. The number of nitrogens with zero attached hydrogens (tertiary/aromatic N) is 4. The Labute approximate surface area is 181 Å². The monoisotopic (exact) mass is 414 g/mol. The number of imidazole rings is 1. The zero-order chi connectivity index (χ0) is 21.3. The number of aromatic nitrogens is 2. The average molecular weight is 415 g/mol. The van der Waals surface area contributed by atoms with Crippen LogP contribution in [0.15, 0.2) is 36.7 Å². The van der Waals surface area contributed by atoms with Crippen LogP contribution in [0.25, 0.3) is 0 Å². The van der Waals surface area contributed by atoms with Gasteiger partial charge in [0.2, 0.25) is 0 Å². The standard InChI is InChI=1S/C24H38N4O2/c1-4-28-15-14-25-24(28)18-26(2)16-20-10-8-9-13-23(20)30-19-22(29)17-27(3)21-11-6-5-7-12-21/h8-10,13-15,21-22,29H,4-7,11-12,16-19H2,1-3H3/t22-/m1/s1. The first-order valence-electron chi connectivity index (χ1n) is 11.3. The topological polar surface area (TPSA) is 53.8 Å². The van der Waals surface area contributed by atoms with Crippen LogP contribution in [0.2, 0.25) is 0 Å². The van der Waals surface area contributed by atoms with E-state index in [4.69, 9.17) is 4.74 Å². The third-order valence-corrected chi connectivity index (χ3v) is 6.09. The van der Waals surface area contributed by atoms with E-state index >= 15 is 0 Å². The van der Waals surface area contributed by atoms with Gasteiger partial charge in [0.1, 0.15) is 24.3 Å². The molecule has 0 unspecified atom stereocenters. The van der Waals surface area contributed by atoms with E-state index in [-0.39, 0.29) is 0 Å². The van der Waals surface area contributed by atoms with E-state index in [0.29, 0.717) is 19.2 Å². The molecule has 3 rings (SSSR count). The summed E-state index contributed by atoms with van der Waals surface area (Å²) in [5.74, 6) is 1.92. The molecule has 1 fully saturated rings. The van der Waals surface area contributed by atoms with Gasteiger partial charge in [-0.2, -0.15) is 0 Å². The molecule has 2 aromatic rings. The lowest BCUT2D eigenvalue weighted by Crippen LogP contribution is -2.40. The predicted octanol–water partition coefficient (Wildman–Crippen LogP) is 3.54. The van der Waals surface area contributed by atoms with Crippen molar-refractivity contribution in [1.82, 2.24) is 19.4 Å². The highest BCUT2D eigenvalue weighted by molar-refractivity contribution is 5.33. The SMILES string of the molecule is CCn1ccnc1CN(C)Cc1ccccc1OC[C@H](O)CN(C)C1CCCCC1. The number of ether oxygens (including phenoxy) is 1. The van der Waals surface area contributed by atoms with Gasteiger partial charge in [0.15, 0.2) is 0 Å². The Morgan fingerprint density at radius 3 is 2.70 bits per heavy atom. The van der Waals surface area contributed by atoms with Gasteiger partial charge < -0.3 is 19.3 Å². The van der Waals surface area contributed by atoms with Crippen LogP contribution in [-0.4, -0.2) is 63.9 Å². The van der Waals surface area contributed by atoms with Crippen LogP contribution in [-0.2, 0) is 19.6 Å². The maximum absolute atomic E-state index is 10.5. The molecule has 1 aromatic heterocycles. The van der Waals surface area contributed by atoms with E-state index in [1.54, 1.807) is 0 Å². The fourth-order valence-electron chi connectivity index (χ4n) is 4.38. The molecular weight excluding hydrogens is 376 g/mol. The van der Waals surface area contributed by atoms with Crippen molar-refractivity contribution in [3.05, 3.63) is 48.0 Å². The number of para-hydroxylation sites is 1. The van der Waals surface area contributed by atoms with Gasteiger partial charge in [-0.15, -0.1) is 0 Å². The highest BCUT2D eigenvalue weighted by atomic mass is 16.5. The Bertz CT molecular complexity index is 757. The van der Waals surface area contributed by atoms with Crippen LogP contribution < -0.4 is 4.74 Å². The van der Waals surface area contributed by atoms with Gasteiger partial charge in [0.25, 0.3) is 0 Å². The quantitative estimate of drug-likeness (QED) is 0.610. The fourth-order valence-corrected chi connectivity index (χ4v) is 4.38. The van der Waals surface area contributed by atoms with Gasteiger partial charge >= 0.3 is 0 Å². The minimum absolute atomic E-state index is 0.317. The minimum Gasteiger partial charge on any atom is -0.491 e. The van der Waals surface area contributed by atoms with E-state index in [1.807, 2.05) is 30.6 Å². The smallest absolute Gasteiger partial charge is 0.123 e. The van der Waals surface area contributed by atoms with Crippen LogP contribution in [0.3, 0.4) is 0 Å². The summed E-state index contributed by atoms with van der Waals surface area (Å²) in [6.07, 6.45) is 9.84. The molecule has 6 nitrogen and oxygen atoms in total. The third-order valence-electron chi connectivity index (χ3n) is 6.09. The summed E-state index contributed by atoms with van der Waals surface area (Å²) in [5, 5.41) is 10.5. The second-order valence-corrected chi connectivity index (χ2v) is 8.61. The number of benzene rings is 1. The molecule has 166 valence electrons. The molecule has 1 aromatic carbocycles. The highest BCUT2D eigenvalue weighted by Crippen LogP contribution is 2.23. The van der Waals surface area contributed by atoms with Crippen LogP contribution in [0.4, 0.5) is 0 Å². The first-order chi connectivity index (χ1) is 14.6. The Balaban J connectivity index is 1.50. The van der Waals surface area contributed by atoms with Crippen LogP contribution >= 0.6 is 0 Å². The Kier molecular flexibility index (Phi) is 8.73. The normalized spacial score (nSPS) is 16.3. The van der Waals surface area contributed by atoms with Crippen LogP contribution in [0, 0.1) is 0 Å². The van der Waals surface area contributed by atoms with Gasteiger partial charge in [-0.3, -0.25) is 4.90 Å². The second kappa shape index (κ2) is 11.5. The molecule has 1 aliphatic rings. The van der Waals surface area contributed by atoms with Crippen molar-refractivity contribution in [2.24, 2.45) is 0 Å². The zero-order valence-electron chi connectivity index (χ0n) is 18.8. The summed E-state index contributed by atoms with van der Waals surface area (Å²) in [6.45, 7) is 5.58. The molecule has 0 aliphatic heterocycles. The Morgan fingerprint density at radius 2 is 1.93 bits per heavy atom. The number of hydrogen-bond donors (Lipinski definition) is 1. The van der Waals surface area contributed by atoms with Crippen molar-refractivity contribution in [3.8, 4) is 5.75 Å². The second-order valence-electron chi connectivity index (χ2n) is 8.61. The lowest BCUT2D eigenvalue weighted by molar-refractivity contribution is 0.0556. The molecule has 0 radical (unpaired) electrons. The highest BCUT2D eigenvalue weighted by Gasteiger charge is 2.20. The lowest BCUT2D eigenvalue weighted by atomic mass is 9.94. The first-order valence-corrected chi connectivity index (χ1v) is 11.3. The molecule has 1 aliphatic carbocycles. The number of aliphatic hydroxyl groups excluding tert-OH is 1. The van der Waals surface area contributed by atoms with Crippen molar-refractivity contribution in [2.45, 2.75) is 70.8 Å². The molecule has 1 N–H and O–H groups in total. The predicted molar refractivity (Wildman–Crippen MR) is 121 cm³/mol. The van der Waals surface area contributed by atoms with Crippen molar-refractivity contribution < 1.29 is 9.84 Å². The molecule has 0 amide bonds. The lowest BCUT2D eigenvalue weighted by Gasteiger charge is -2.32. The van der Waals surface area contributed by atoms with Crippen molar-refractivity contribution in [3.63, 3.8) is 0 Å². The van der Waals surface area contributed by atoms with Crippen LogP contribution in [0.1, 0.15) is 50.4 Å². The van der Waals surface area contributed by atoms with E-state index in [2.05, 4.69) is 46.4 Å². The summed E-state index contributed by atoms with van der Waals surface area (Å²) in [7, 11) is 4.22. The Hall–Kier alpha value is -1.89. The number of aliphatic hydroxyl groups is 1. The van der Waals surface area contributed by atoms with Gasteiger partial charge in [-0.25, -0.2) is 4.98 Å². The van der Waals surface area contributed by atoms with Gasteiger partial charge in [0.05, 0.1) is 6.54 Å². The number of rotatable bonds is 11. The molecule has 1 saturated carbocycles. The maximum atomic E-state index is 10.5. The average Bonchev–Trinajstić information content (AvgIpc) is 3.20. The number of aryl methyl sites for hydroxylation is 1. The number of likely N-dealkylation sites (N-methyl/N-ethyl adjacent to an activating group) is 1. The van der Waals surface area contributed by atoms with E-state index < -0.39 is 6.10 Å². The van der Waals surface area contributed by atoms with Crippen molar-refractivity contribution >= 4 is 0 Å². The van der Waals surface area contributed by atoms with Gasteiger partial charge in [-0.1, -0.05) is 37.5 Å². The Morgan fingerprint density at radius 1 is 1.17 bits per heavy atom. The van der Waals surface area contributed by atoms with Crippen LogP contribution in [0.5, 0.6) is 5.75 Å². The van der Waals surface area contributed by atoms with E-state index in [9.17, 15) is 5.11 Å². The summed E-state index contributed by atoms with van der Waals surface area (Å²) in [5.41, 5.74) is 1.13. The molecule has 0 saturated heterocycles. The third kappa shape index (κ3) is 6.56. The summed E-state index contributed by atoms with van der Waals surface area (Å²) >= 11 is 0. The van der Waals surface area contributed by atoms with Gasteiger partial charge in [0, 0.05) is 43.6 Å². The molecule has 1 heterocycles. The summed E-state index contributed by atoms with van der Waals surface area (Å²) < 4.78 is 8.21. The molecule has 6 heteroatoms. The van der Waals surface area contributed by atoms with E-state index in [1.165, 1.54) is 32.1 Å². The summed E-state index contributed by atoms with van der Waals surface area (Å²) in [4.78, 5) is 9.02.